The number of methoxy groups -OCH3 is 2. The minimum absolute atomic E-state index is 0.116. The van der Waals surface area contributed by atoms with E-state index in [1.165, 1.54) is 20.3 Å². The van der Waals surface area contributed by atoms with Gasteiger partial charge in [-0.3, -0.25) is 0 Å². The Kier molecular flexibility index (Phi) is 5.59. The van der Waals surface area contributed by atoms with E-state index < -0.39 is 11.9 Å². The van der Waals surface area contributed by atoms with Crippen molar-refractivity contribution in [1.29, 1.82) is 0 Å². The molecule has 6 heteroatoms. The highest BCUT2D eigenvalue weighted by atomic mass is 127. The van der Waals surface area contributed by atoms with Gasteiger partial charge < -0.3 is 14.4 Å². The summed E-state index contributed by atoms with van der Waals surface area (Å²) in [5.74, 6) is -1.21. The summed E-state index contributed by atoms with van der Waals surface area (Å²) in [4.78, 5) is 26.0. The van der Waals surface area contributed by atoms with Crippen LogP contribution >= 0.6 is 22.6 Å². The molecule has 1 aromatic rings. The van der Waals surface area contributed by atoms with E-state index in [1.807, 2.05) is 25.1 Å². The summed E-state index contributed by atoms with van der Waals surface area (Å²) in [6.07, 6.45) is 6.66. The highest BCUT2D eigenvalue weighted by Crippen LogP contribution is 2.28. The predicted molar refractivity (Wildman–Crippen MR) is 95.7 cm³/mol. The second-order valence-corrected chi connectivity index (χ2v) is 5.91. The van der Waals surface area contributed by atoms with E-state index in [0.717, 1.165) is 14.8 Å². The molecule has 1 heterocycles. The van der Waals surface area contributed by atoms with E-state index in [1.54, 1.807) is 23.3 Å². The molecule has 0 saturated carbocycles. The van der Waals surface area contributed by atoms with Crippen LogP contribution in [0.3, 0.4) is 0 Å². The van der Waals surface area contributed by atoms with Crippen LogP contribution in [0.5, 0.6) is 0 Å². The molecule has 5 nitrogen and oxygen atoms in total. The molecule has 0 bridgehead atoms. The third-order valence-corrected chi connectivity index (χ3v) is 4.52. The molecule has 0 fully saturated rings. The summed E-state index contributed by atoms with van der Waals surface area (Å²) in [6, 6.07) is 5.77. The largest absolute Gasteiger partial charge is 0.465 e. The maximum Gasteiger partial charge on any atom is 0.355 e. The third kappa shape index (κ3) is 3.64. The van der Waals surface area contributed by atoms with Gasteiger partial charge >= 0.3 is 11.9 Å². The molecule has 2 rings (SSSR count). The van der Waals surface area contributed by atoms with E-state index in [-0.39, 0.29) is 11.3 Å². The minimum Gasteiger partial charge on any atom is -0.465 e. The highest BCUT2D eigenvalue weighted by molar-refractivity contribution is 14.1. The molecular formula is C17H16INO4. The number of aryl methyl sites for hydroxylation is 1. The zero-order valence-corrected chi connectivity index (χ0v) is 15.2. The average molecular weight is 425 g/mol. The molecule has 1 aromatic carbocycles. The summed E-state index contributed by atoms with van der Waals surface area (Å²) < 4.78 is 10.8. The smallest absolute Gasteiger partial charge is 0.355 e. The molecule has 0 amide bonds. The van der Waals surface area contributed by atoms with Crippen molar-refractivity contribution in [2.24, 2.45) is 0 Å². The Morgan fingerprint density at radius 2 is 1.78 bits per heavy atom. The molecule has 1 aliphatic heterocycles. The van der Waals surface area contributed by atoms with Gasteiger partial charge in [0.15, 0.2) is 0 Å². The quantitative estimate of drug-likeness (QED) is 0.551. The zero-order valence-electron chi connectivity index (χ0n) is 13.0. The van der Waals surface area contributed by atoms with Gasteiger partial charge in [-0.15, -0.1) is 0 Å². The Morgan fingerprint density at radius 3 is 2.39 bits per heavy atom. The van der Waals surface area contributed by atoms with Gasteiger partial charge in [0, 0.05) is 15.5 Å². The Hall–Kier alpha value is -2.09. The van der Waals surface area contributed by atoms with Crippen LogP contribution in [0, 0.1) is 10.5 Å². The first-order chi connectivity index (χ1) is 11.0. The monoisotopic (exact) mass is 425 g/mol. The maximum atomic E-state index is 12.3. The number of esters is 2. The van der Waals surface area contributed by atoms with Crippen LogP contribution < -0.4 is 4.90 Å². The van der Waals surface area contributed by atoms with Crippen LogP contribution in [0.15, 0.2) is 53.9 Å². The molecule has 0 unspecified atom stereocenters. The molecular weight excluding hydrogens is 409 g/mol. The minimum atomic E-state index is -0.613. The van der Waals surface area contributed by atoms with Crippen molar-refractivity contribution in [3.05, 3.63) is 63.0 Å². The molecule has 0 aromatic heterocycles. The number of hydrogen-bond donors (Lipinski definition) is 0. The second-order valence-electron chi connectivity index (χ2n) is 4.75. The van der Waals surface area contributed by atoms with Crippen LogP contribution in [0.25, 0.3) is 0 Å². The number of hydrogen-bond acceptors (Lipinski definition) is 5. The molecule has 0 aliphatic carbocycles. The van der Waals surface area contributed by atoms with Gasteiger partial charge in [-0.05, 0) is 65.4 Å². The van der Waals surface area contributed by atoms with E-state index in [0.29, 0.717) is 0 Å². The number of benzene rings is 1. The summed E-state index contributed by atoms with van der Waals surface area (Å²) in [5.41, 5.74) is 2.08. The van der Waals surface area contributed by atoms with E-state index in [4.69, 9.17) is 9.47 Å². The Morgan fingerprint density at radius 1 is 1.09 bits per heavy atom. The van der Waals surface area contributed by atoms with E-state index in [9.17, 15) is 9.59 Å². The molecule has 0 radical (unpaired) electrons. The first-order valence-corrected chi connectivity index (χ1v) is 7.88. The molecule has 23 heavy (non-hydrogen) atoms. The van der Waals surface area contributed by atoms with Crippen molar-refractivity contribution in [2.75, 3.05) is 19.1 Å². The Labute approximate surface area is 148 Å². The van der Waals surface area contributed by atoms with Crippen LogP contribution in [0.4, 0.5) is 5.69 Å². The van der Waals surface area contributed by atoms with Gasteiger partial charge in [0.05, 0.1) is 19.8 Å². The van der Waals surface area contributed by atoms with Gasteiger partial charge in [0.2, 0.25) is 0 Å². The van der Waals surface area contributed by atoms with Crippen molar-refractivity contribution in [3.63, 3.8) is 0 Å². The second kappa shape index (κ2) is 7.45. The summed E-state index contributed by atoms with van der Waals surface area (Å²) in [6.45, 7) is 1.98. The molecule has 120 valence electrons. The van der Waals surface area contributed by atoms with Crippen LogP contribution in [0.1, 0.15) is 5.56 Å². The first kappa shape index (κ1) is 17.3. The molecule has 0 atom stereocenters. The number of allylic oxidation sites excluding steroid dienone is 2. The van der Waals surface area contributed by atoms with Crippen LogP contribution in [-0.4, -0.2) is 26.2 Å². The maximum absolute atomic E-state index is 12.3. The van der Waals surface area contributed by atoms with Gasteiger partial charge in [0.25, 0.3) is 0 Å². The number of halogens is 1. The van der Waals surface area contributed by atoms with Crippen molar-refractivity contribution >= 4 is 40.2 Å². The van der Waals surface area contributed by atoms with Crippen molar-refractivity contribution in [3.8, 4) is 0 Å². The van der Waals surface area contributed by atoms with E-state index in [2.05, 4.69) is 22.6 Å². The van der Waals surface area contributed by atoms with Crippen molar-refractivity contribution in [2.45, 2.75) is 6.92 Å². The lowest BCUT2D eigenvalue weighted by Crippen LogP contribution is -2.27. The molecule has 0 spiro atoms. The van der Waals surface area contributed by atoms with E-state index >= 15 is 0 Å². The highest BCUT2D eigenvalue weighted by Gasteiger charge is 2.27. The summed E-state index contributed by atoms with van der Waals surface area (Å²) in [7, 11) is 2.55. The first-order valence-electron chi connectivity index (χ1n) is 6.80. The average Bonchev–Trinajstić information content (AvgIpc) is 2.78. The van der Waals surface area contributed by atoms with Gasteiger partial charge in [-0.25, -0.2) is 9.59 Å². The predicted octanol–water partition coefficient (Wildman–Crippen LogP) is 3.09. The third-order valence-electron chi connectivity index (χ3n) is 3.31. The number of nitrogens with zero attached hydrogens (tertiary/aromatic N) is 1. The number of carbonyl (C=O) groups is 2. The number of ether oxygens (including phenoxy) is 2. The zero-order chi connectivity index (χ0) is 17.0. The van der Waals surface area contributed by atoms with Gasteiger partial charge in [-0.2, -0.15) is 0 Å². The fourth-order valence-electron chi connectivity index (χ4n) is 2.14. The topological polar surface area (TPSA) is 55.8 Å². The van der Waals surface area contributed by atoms with Gasteiger partial charge in [0.1, 0.15) is 5.70 Å². The lowest BCUT2D eigenvalue weighted by atomic mass is 10.1. The molecule has 1 aliphatic rings. The Bertz CT molecular complexity index is 734. The van der Waals surface area contributed by atoms with Crippen LogP contribution in [-0.2, 0) is 19.1 Å². The number of anilines is 1. The normalized spacial score (nSPS) is 13.8. The lowest BCUT2D eigenvalue weighted by molar-refractivity contribution is -0.139. The van der Waals surface area contributed by atoms with Crippen molar-refractivity contribution in [1.82, 2.24) is 0 Å². The van der Waals surface area contributed by atoms with Crippen LogP contribution in [0.2, 0.25) is 0 Å². The standard InChI is InChI=1S/C17H16INO4/c1-11-10-12(7-8-14(11)18)19-9-5-4-6-13(16(20)22-2)15(19)17(21)23-3/h4-10H,1-3H3. The molecule has 0 saturated heterocycles. The fraction of sp³-hybridized carbons (Fsp3) is 0.176. The molecule has 0 N–H and O–H groups in total. The van der Waals surface area contributed by atoms with Gasteiger partial charge in [-0.1, -0.05) is 6.08 Å². The number of carbonyl (C=O) groups excluding carboxylic acids is 2. The lowest BCUT2D eigenvalue weighted by Gasteiger charge is -2.23. The fourth-order valence-corrected chi connectivity index (χ4v) is 2.48. The SMILES string of the molecule is COC(=O)C1=C(C(=O)OC)N(c2ccc(I)c(C)c2)C=CC=C1. The summed E-state index contributed by atoms with van der Waals surface area (Å²) >= 11 is 2.24. The Balaban J connectivity index is 2.65. The number of rotatable bonds is 3. The van der Waals surface area contributed by atoms with Crippen molar-refractivity contribution < 1.29 is 19.1 Å². The summed E-state index contributed by atoms with van der Waals surface area (Å²) in [5, 5.41) is 0.